The number of amides is 1. The van der Waals surface area contributed by atoms with Crippen molar-refractivity contribution in [3.05, 3.63) is 64.7 Å². The molecular weight excluding hydrogens is 416 g/mol. The number of hydrogen-bond donors (Lipinski definition) is 1. The zero-order valence-electron chi connectivity index (χ0n) is 15.6. The summed E-state index contributed by atoms with van der Waals surface area (Å²) >= 11 is 5.81. The molecule has 0 aromatic heterocycles. The lowest BCUT2D eigenvalue weighted by Gasteiger charge is -2.15. The van der Waals surface area contributed by atoms with Gasteiger partial charge < -0.3 is 10.1 Å². The second kappa shape index (κ2) is 9.39. The first-order valence-corrected chi connectivity index (χ1v) is 11.0. The Morgan fingerprint density at radius 2 is 1.76 bits per heavy atom. The number of esters is 1. The molecule has 1 amide bonds. The summed E-state index contributed by atoms with van der Waals surface area (Å²) in [6.45, 7) is 0.766. The lowest BCUT2D eigenvalue weighted by Crippen LogP contribution is -2.29. The Morgan fingerprint density at radius 3 is 2.45 bits per heavy atom. The number of carbonyl (C=O) groups excluding carboxylic acids is 2. The maximum atomic E-state index is 12.6. The minimum atomic E-state index is -3.63. The van der Waals surface area contributed by atoms with Gasteiger partial charge in [0, 0.05) is 24.7 Å². The number of ether oxygens (including phenoxy) is 1. The van der Waals surface area contributed by atoms with Crippen LogP contribution in [0.2, 0.25) is 5.02 Å². The molecule has 0 atom stereocenters. The largest absolute Gasteiger partial charge is 0.452 e. The minimum Gasteiger partial charge on any atom is -0.452 e. The van der Waals surface area contributed by atoms with Gasteiger partial charge in [0.25, 0.3) is 5.91 Å². The van der Waals surface area contributed by atoms with E-state index >= 15 is 0 Å². The molecule has 1 fully saturated rings. The number of sulfonamides is 1. The molecule has 0 spiro atoms. The predicted molar refractivity (Wildman–Crippen MR) is 108 cm³/mol. The second-order valence-corrected chi connectivity index (χ2v) is 8.99. The van der Waals surface area contributed by atoms with E-state index in [-0.39, 0.29) is 17.0 Å². The molecule has 2 aromatic rings. The highest BCUT2D eigenvalue weighted by molar-refractivity contribution is 7.89. The molecule has 3 rings (SSSR count). The summed E-state index contributed by atoms with van der Waals surface area (Å²) in [4.78, 5) is 24.2. The van der Waals surface area contributed by atoms with Gasteiger partial charge in [0.2, 0.25) is 10.0 Å². The number of nitrogens with zero attached hydrogens (tertiary/aromatic N) is 1. The fraction of sp³-hybridized carbons (Fsp3) is 0.300. The van der Waals surface area contributed by atoms with Gasteiger partial charge in [0.05, 0.1) is 10.5 Å². The van der Waals surface area contributed by atoms with Crippen LogP contribution in [-0.2, 0) is 26.1 Å². The van der Waals surface area contributed by atoms with Crippen LogP contribution >= 0.6 is 11.6 Å². The van der Waals surface area contributed by atoms with E-state index < -0.39 is 28.5 Å². The van der Waals surface area contributed by atoms with Gasteiger partial charge in [-0.3, -0.25) is 4.79 Å². The summed E-state index contributed by atoms with van der Waals surface area (Å²) in [5.41, 5.74) is 0.935. The summed E-state index contributed by atoms with van der Waals surface area (Å²) < 4.78 is 31.6. The Kier molecular flexibility index (Phi) is 6.89. The van der Waals surface area contributed by atoms with Gasteiger partial charge >= 0.3 is 5.97 Å². The molecule has 1 saturated heterocycles. The maximum Gasteiger partial charge on any atom is 0.338 e. The van der Waals surface area contributed by atoms with Crippen LogP contribution in [0.15, 0.2) is 53.4 Å². The molecule has 0 unspecified atom stereocenters. The molecule has 1 heterocycles. The predicted octanol–water partition coefficient (Wildman–Crippen LogP) is 2.60. The van der Waals surface area contributed by atoms with Gasteiger partial charge in [0.1, 0.15) is 0 Å². The zero-order valence-corrected chi connectivity index (χ0v) is 17.2. The second-order valence-electron chi connectivity index (χ2n) is 6.62. The van der Waals surface area contributed by atoms with Crippen LogP contribution in [0.4, 0.5) is 0 Å². The Hall–Kier alpha value is -2.42. The third kappa shape index (κ3) is 5.56. The number of halogens is 1. The lowest BCUT2D eigenvalue weighted by atomic mass is 10.2. The van der Waals surface area contributed by atoms with E-state index in [2.05, 4.69) is 5.32 Å². The topological polar surface area (TPSA) is 92.8 Å². The lowest BCUT2D eigenvalue weighted by molar-refractivity contribution is -0.124. The van der Waals surface area contributed by atoms with Crippen LogP contribution in [0.1, 0.15) is 28.8 Å². The van der Waals surface area contributed by atoms with Crippen LogP contribution in [0, 0.1) is 0 Å². The first-order valence-electron chi connectivity index (χ1n) is 9.15. The first kappa shape index (κ1) is 21.3. The van der Waals surface area contributed by atoms with E-state index in [1.165, 1.54) is 28.6 Å². The van der Waals surface area contributed by atoms with Crippen LogP contribution in [0.5, 0.6) is 0 Å². The quantitative estimate of drug-likeness (QED) is 0.673. The fourth-order valence-corrected chi connectivity index (χ4v) is 4.62. The average molecular weight is 437 g/mol. The Balaban J connectivity index is 1.55. The molecule has 2 aromatic carbocycles. The molecule has 0 radical (unpaired) electrons. The summed E-state index contributed by atoms with van der Waals surface area (Å²) in [6.07, 6.45) is 1.65. The van der Waals surface area contributed by atoms with Crippen molar-refractivity contribution in [1.82, 2.24) is 9.62 Å². The number of rotatable bonds is 7. The minimum absolute atomic E-state index is 0.0426. The van der Waals surface area contributed by atoms with Crippen molar-refractivity contribution in [3.8, 4) is 0 Å². The SMILES string of the molecule is O=C(COC(=O)c1cccc(S(=O)(=O)N2CCCC2)c1)NCc1ccc(Cl)cc1. The Bertz CT molecular complexity index is 986. The van der Waals surface area contributed by atoms with Crippen LogP contribution in [0.3, 0.4) is 0 Å². The first-order chi connectivity index (χ1) is 13.9. The molecule has 1 aliphatic heterocycles. The van der Waals surface area contributed by atoms with Crippen molar-refractivity contribution < 1.29 is 22.7 Å². The van der Waals surface area contributed by atoms with E-state index in [0.29, 0.717) is 18.1 Å². The third-order valence-electron chi connectivity index (χ3n) is 4.51. The molecule has 0 bridgehead atoms. The molecule has 29 heavy (non-hydrogen) atoms. The summed E-state index contributed by atoms with van der Waals surface area (Å²) in [7, 11) is -3.63. The molecule has 1 aliphatic rings. The number of carbonyl (C=O) groups is 2. The van der Waals surface area contributed by atoms with E-state index in [9.17, 15) is 18.0 Å². The van der Waals surface area contributed by atoms with Crippen molar-refractivity contribution in [3.63, 3.8) is 0 Å². The van der Waals surface area contributed by atoms with Gasteiger partial charge in [-0.05, 0) is 48.7 Å². The summed E-state index contributed by atoms with van der Waals surface area (Å²) in [5.74, 6) is -1.22. The summed E-state index contributed by atoms with van der Waals surface area (Å²) in [5, 5.41) is 3.24. The van der Waals surface area contributed by atoms with Crippen LogP contribution < -0.4 is 5.32 Å². The molecule has 0 aliphatic carbocycles. The maximum absolute atomic E-state index is 12.6. The molecular formula is C20H21ClN2O5S. The van der Waals surface area contributed by atoms with Crippen molar-refractivity contribution >= 4 is 33.5 Å². The Morgan fingerprint density at radius 1 is 1.07 bits per heavy atom. The van der Waals surface area contributed by atoms with Gasteiger partial charge in [-0.15, -0.1) is 0 Å². The van der Waals surface area contributed by atoms with Crippen molar-refractivity contribution in [1.29, 1.82) is 0 Å². The van der Waals surface area contributed by atoms with Crippen LogP contribution in [0.25, 0.3) is 0 Å². The number of nitrogens with one attached hydrogen (secondary N) is 1. The monoisotopic (exact) mass is 436 g/mol. The average Bonchev–Trinajstić information content (AvgIpc) is 3.27. The fourth-order valence-electron chi connectivity index (χ4n) is 2.93. The van der Waals surface area contributed by atoms with Crippen molar-refractivity contribution in [2.75, 3.05) is 19.7 Å². The van der Waals surface area contributed by atoms with E-state index in [4.69, 9.17) is 16.3 Å². The Labute approximate surface area is 174 Å². The molecule has 9 heteroatoms. The van der Waals surface area contributed by atoms with E-state index in [1.54, 1.807) is 24.3 Å². The van der Waals surface area contributed by atoms with Gasteiger partial charge in [-0.2, -0.15) is 4.31 Å². The highest BCUT2D eigenvalue weighted by atomic mass is 35.5. The van der Waals surface area contributed by atoms with Crippen molar-refractivity contribution in [2.24, 2.45) is 0 Å². The standard InChI is InChI=1S/C20H21ClN2O5S/c21-17-8-6-15(7-9-17)13-22-19(24)14-28-20(25)16-4-3-5-18(12-16)29(26,27)23-10-1-2-11-23/h3-9,12H,1-2,10-11,13-14H2,(H,22,24). The molecule has 154 valence electrons. The van der Waals surface area contributed by atoms with Crippen molar-refractivity contribution in [2.45, 2.75) is 24.3 Å². The van der Waals surface area contributed by atoms with Crippen LogP contribution in [-0.4, -0.2) is 44.3 Å². The highest BCUT2D eigenvalue weighted by Crippen LogP contribution is 2.21. The number of hydrogen-bond acceptors (Lipinski definition) is 5. The molecule has 0 saturated carbocycles. The van der Waals surface area contributed by atoms with E-state index in [0.717, 1.165) is 18.4 Å². The smallest absolute Gasteiger partial charge is 0.338 e. The van der Waals surface area contributed by atoms with E-state index in [1.807, 2.05) is 0 Å². The van der Waals surface area contributed by atoms with Gasteiger partial charge in [-0.25, -0.2) is 13.2 Å². The number of benzene rings is 2. The highest BCUT2D eigenvalue weighted by Gasteiger charge is 2.27. The molecule has 1 N–H and O–H groups in total. The van der Waals surface area contributed by atoms with Gasteiger partial charge in [0.15, 0.2) is 6.61 Å². The third-order valence-corrected chi connectivity index (χ3v) is 6.66. The normalized spacial score (nSPS) is 14.5. The van der Waals surface area contributed by atoms with Gasteiger partial charge in [-0.1, -0.05) is 29.8 Å². The molecule has 7 nitrogen and oxygen atoms in total. The summed E-state index contributed by atoms with van der Waals surface area (Å²) in [6, 6.07) is 12.7. The zero-order chi connectivity index (χ0) is 20.9.